The van der Waals surface area contributed by atoms with E-state index in [1.54, 1.807) is 37.3 Å². The van der Waals surface area contributed by atoms with E-state index in [9.17, 15) is 13.5 Å². The van der Waals surface area contributed by atoms with Gasteiger partial charge in [0.2, 0.25) is 0 Å². The first-order valence-corrected chi connectivity index (χ1v) is 7.71. The van der Waals surface area contributed by atoms with Gasteiger partial charge in [0.05, 0.1) is 11.5 Å². The molecule has 4 nitrogen and oxygen atoms in total. The number of sulfonamides is 1. The number of aryl methyl sites for hydroxylation is 1. The zero-order chi connectivity index (χ0) is 14.8. The third kappa shape index (κ3) is 3.00. The van der Waals surface area contributed by atoms with Gasteiger partial charge in [-0.1, -0.05) is 24.3 Å². The molecule has 106 valence electrons. The topological polar surface area (TPSA) is 66.4 Å². The molecule has 0 fully saturated rings. The summed E-state index contributed by atoms with van der Waals surface area (Å²) in [5.41, 5.74) is 2.62. The predicted molar refractivity (Wildman–Crippen MR) is 79.1 cm³/mol. The molecule has 2 aromatic carbocycles. The van der Waals surface area contributed by atoms with Crippen molar-refractivity contribution in [1.82, 2.24) is 0 Å². The van der Waals surface area contributed by atoms with Crippen molar-refractivity contribution in [2.24, 2.45) is 0 Å². The minimum Gasteiger partial charge on any atom is -0.392 e. The Bertz CT molecular complexity index is 709. The van der Waals surface area contributed by atoms with Crippen LogP contribution in [-0.2, 0) is 16.6 Å². The van der Waals surface area contributed by atoms with E-state index in [-0.39, 0.29) is 11.5 Å². The van der Waals surface area contributed by atoms with Crippen LogP contribution in [0.2, 0.25) is 0 Å². The molecule has 0 saturated heterocycles. The maximum Gasteiger partial charge on any atom is 0.262 e. The lowest BCUT2D eigenvalue weighted by Gasteiger charge is -2.13. The van der Waals surface area contributed by atoms with Crippen LogP contribution in [-0.4, -0.2) is 13.5 Å². The summed E-state index contributed by atoms with van der Waals surface area (Å²) in [4.78, 5) is 0.199. The number of aliphatic hydroxyl groups excluding tert-OH is 1. The first kappa shape index (κ1) is 14.6. The van der Waals surface area contributed by atoms with Gasteiger partial charge < -0.3 is 5.11 Å². The van der Waals surface area contributed by atoms with Crippen LogP contribution in [0.25, 0.3) is 0 Å². The van der Waals surface area contributed by atoms with Gasteiger partial charge in [-0.2, -0.15) is 0 Å². The third-order valence-electron chi connectivity index (χ3n) is 3.18. The van der Waals surface area contributed by atoms with Gasteiger partial charge in [0.25, 0.3) is 10.0 Å². The molecule has 0 spiro atoms. The van der Waals surface area contributed by atoms with Crippen LogP contribution < -0.4 is 4.72 Å². The zero-order valence-electron chi connectivity index (χ0n) is 11.4. The summed E-state index contributed by atoms with van der Waals surface area (Å²) in [5.74, 6) is 0. The molecule has 0 bridgehead atoms. The number of nitrogens with one attached hydrogen (secondary N) is 1. The normalized spacial score (nSPS) is 11.3. The lowest BCUT2D eigenvalue weighted by Crippen LogP contribution is -2.15. The summed E-state index contributed by atoms with van der Waals surface area (Å²) in [6, 6.07) is 12.0. The molecule has 0 aliphatic heterocycles. The maximum atomic E-state index is 12.5. The van der Waals surface area contributed by atoms with Gasteiger partial charge in [-0.3, -0.25) is 4.72 Å². The highest BCUT2D eigenvalue weighted by molar-refractivity contribution is 7.92. The molecule has 2 N–H and O–H groups in total. The van der Waals surface area contributed by atoms with Crippen LogP contribution in [0.5, 0.6) is 0 Å². The second-order valence-electron chi connectivity index (χ2n) is 4.67. The first-order chi connectivity index (χ1) is 9.44. The van der Waals surface area contributed by atoms with Crippen molar-refractivity contribution in [1.29, 1.82) is 0 Å². The quantitative estimate of drug-likeness (QED) is 0.910. The second kappa shape index (κ2) is 5.64. The van der Waals surface area contributed by atoms with Crippen molar-refractivity contribution >= 4 is 15.7 Å². The van der Waals surface area contributed by atoms with Crippen molar-refractivity contribution in [2.75, 3.05) is 4.72 Å². The van der Waals surface area contributed by atoms with Crippen molar-refractivity contribution < 1.29 is 13.5 Å². The Morgan fingerprint density at radius 1 is 1.10 bits per heavy atom. The minimum atomic E-state index is -3.66. The van der Waals surface area contributed by atoms with E-state index in [2.05, 4.69) is 4.72 Å². The highest BCUT2D eigenvalue weighted by Gasteiger charge is 2.19. The summed E-state index contributed by atoms with van der Waals surface area (Å²) in [5, 5.41) is 9.22. The van der Waals surface area contributed by atoms with Gasteiger partial charge in [-0.15, -0.1) is 0 Å². The average molecular weight is 291 g/mol. The Morgan fingerprint density at radius 3 is 2.35 bits per heavy atom. The van der Waals surface area contributed by atoms with E-state index in [0.717, 1.165) is 5.56 Å². The van der Waals surface area contributed by atoms with Gasteiger partial charge in [-0.05, 0) is 48.7 Å². The van der Waals surface area contributed by atoms with E-state index in [4.69, 9.17) is 0 Å². The first-order valence-electron chi connectivity index (χ1n) is 6.23. The average Bonchev–Trinajstić information content (AvgIpc) is 2.42. The highest BCUT2D eigenvalue weighted by Crippen LogP contribution is 2.23. The molecule has 0 atom stereocenters. The zero-order valence-corrected chi connectivity index (χ0v) is 12.2. The fraction of sp³-hybridized carbons (Fsp3) is 0.200. The van der Waals surface area contributed by atoms with Crippen molar-refractivity contribution in [3.05, 3.63) is 59.2 Å². The molecular weight excluding hydrogens is 274 g/mol. The number of rotatable bonds is 4. The summed E-state index contributed by atoms with van der Waals surface area (Å²) in [7, 11) is -3.66. The monoisotopic (exact) mass is 291 g/mol. The van der Waals surface area contributed by atoms with Crippen molar-refractivity contribution in [3.8, 4) is 0 Å². The molecule has 0 aliphatic rings. The van der Waals surface area contributed by atoms with Crippen LogP contribution in [0.15, 0.2) is 47.4 Å². The van der Waals surface area contributed by atoms with Gasteiger partial charge >= 0.3 is 0 Å². The van der Waals surface area contributed by atoms with E-state index >= 15 is 0 Å². The minimum absolute atomic E-state index is 0.186. The van der Waals surface area contributed by atoms with Crippen molar-refractivity contribution in [3.63, 3.8) is 0 Å². The van der Waals surface area contributed by atoms with Gasteiger partial charge in [0, 0.05) is 5.69 Å². The molecule has 0 radical (unpaired) electrons. The SMILES string of the molecule is Cc1cc(CO)cc(S(=O)(=O)Nc2ccccc2)c1C. The standard InChI is InChI=1S/C15H17NO3S/c1-11-8-13(10-17)9-15(12(11)2)20(18,19)16-14-6-4-3-5-7-14/h3-9,16-17H,10H2,1-2H3. The number of hydrogen-bond acceptors (Lipinski definition) is 3. The predicted octanol–water partition coefficient (Wildman–Crippen LogP) is 2.60. The van der Waals surface area contributed by atoms with Gasteiger partial charge in [0.1, 0.15) is 0 Å². The van der Waals surface area contributed by atoms with Crippen LogP contribution in [0.1, 0.15) is 16.7 Å². The molecule has 20 heavy (non-hydrogen) atoms. The smallest absolute Gasteiger partial charge is 0.262 e. The number of aliphatic hydroxyl groups is 1. The van der Waals surface area contributed by atoms with Gasteiger partial charge in [-0.25, -0.2) is 8.42 Å². The Kier molecular flexibility index (Phi) is 4.11. The largest absolute Gasteiger partial charge is 0.392 e. The summed E-state index contributed by atoms with van der Waals surface area (Å²) < 4.78 is 27.4. The Labute approximate surface area is 119 Å². The van der Waals surface area contributed by atoms with Crippen LogP contribution in [0, 0.1) is 13.8 Å². The second-order valence-corrected chi connectivity index (χ2v) is 6.32. The molecule has 0 heterocycles. The third-order valence-corrected chi connectivity index (χ3v) is 4.69. The van der Waals surface area contributed by atoms with Crippen LogP contribution in [0.4, 0.5) is 5.69 Å². The summed E-state index contributed by atoms with van der Waals surface area (Å²) >= 11 is 0. The van der Waals surface area contributed by atoms with Crippen LogP contribution in [0.3, 0.4) is 0 Å². The van der Waals surface area contributed by atoms with Gasteiger partial charge in [0.15, 0.2) is 0 Å². The molecular formula is C15H17NO3S. The maximum absolute atomic E-state index is 12.5. The highest BCUT2D eigenvalue weighted by atomic mass is 32.2. The number of benzene rings is 2. The van der Waals surface area contributed by atoms with E-state index in [1.165, 1.54) is 6.07 Å². The molecule has 2 aromatic rings. The lowest BCUT2D eigenvalue weighted by atomic mass is 10.1. The molecule has 5 heteroatoms. The fourth-order valence-electron chi connectivity index (χ4n) is 1.99. The molecule has 2 rings (SSSR count). The Morgan fingerprint density at radius 2 is 1.75 bits per heavy atom. The molecule has 0 aromatic heterocycles. The Hall–Kier alpha value is -1.85. The Balaban J connectivity index is 2.47. The van der Waals surface area contributed by atoms with E-state index in [1.807, 2.05) is 13.0 Å². The molecule has 0 aliphatic carbocycles. The number of para-hydroxylation sites is 1. The molecule has 0 amide bonds. The number of anilines is 1. The van der Waals surface area contributed by atoms with E-state index in [0.29, 0.717) is 16.8 Å². The van der Waals surface area contributed by atoms with E-state index < -0.39 is 10.0 Å². The molecule has 0 saturated carbocycles. The number of hydrogen-bond donors (Lipinski definition) is 2. The summed E-state index contributed by atoms with van der Waals surface area (Å²) in [6.45, 7) is 3.40. The summed E-state index contributed by atoms with van der Waals surface area (Å²) in [6.07, 6.45) is 0. The lowest BCUT2D eigenvalue weighted by molar-refractivity contribution is 0.281. The molecule has 0 unspecified atom stereocenters. The van der Waals surface area contributed by atoms with Crippen LogP contribution >= 0.6 is 0 Å². The van der Waals surface area contributed by atoms with Crippen molar-refractivity contribution in [2.45, 2.75) is 25.3 Å². The fourth-order valence-corrected chi connectivity index (χ4v) is 3.41.